The van der Waals surface area contributed by atoms with Crippen molar-refractivity contribution in [3.05, 3.63) is 69.8 Å². The van der Waals surface area contributed by atoms with Crippen molar-refractivity contribution in [2.45, 2.75) is 56.8 Å². The minimum Gasteiger partial charge on any atom is -0.324 e. The molecular weight excluding hydrogens is 514 g/mol. The Labute approximate surface area is 221 Å². The summed E-state index contributed by atoms with van der Waals surface area (Å²) in [6, 6.07) is 10.7. The maximum Gasteiger partial charge on any atom is 0.408 e. The summed E-state index contributed by atoms with van der Waals surface area (Å²) in [4.78, 5) is 26.2. The molecule has 1 aliphatic carbocycles. The molecule has 1 saturated carbocycles. The van der Waals surface area contributed by atoms with Gasteiger partial charge in [0.25, 0.3) is 5.56 Å². The van der Waals surface area contributed by atoms with Gasteiger partial charge in [0.2, 0.25) is 5.95 Å². The van der Waals surface area contributed by atoms with Crippen LogP contribution in [-0.4, -0.2) is 43.7 Å². The summed E-state index contributed by atoms with van der Waals surface area (Å²) in [5.74, 6) is 0.140. The van der Waals surface area contributed by atoms with Crippen LogP contribution in [-0.2, 0) is 23.9 Å². The van der Waals surface area contributed by atoms with Crippen LogP contribution in [0.1, 0.15) is 43.5 Å². The second-order valence-corrected chi connectivity index (χ2v) is 10.9. The van der Waals surface area contributed by atoms with E-state index in [0.29, 0.717) is 10.4 Å². The van der Waals surface area contributed by atoms with Crippen molar-refractivity contribution in [3.63, 3.8) is 0 Å². The van der Waals surface area contributed by atoms with Gasteiger partial charge in [-0.15, -0.1) is 0 Å². The van der Waals surface area contributed by atoms with Gasteiger partial charge in [-0.05, 0) is 54.7 Å². The lowest BCUT2D eigenvalue weighted by Gasteiger charge is -2.27. The Morgan fingerprint density at radius 3 is 2.64 bits per heavy atom. The molecule has 204 valence electrons. The summed E-state index contributed by atoms with van der Waals surface area (Å²) >= 11 is 0. The van der Waals surface area contributed by atoms with Gasteiger partial charge in [-0.3, -0.25) is 9.18 Å². The average Bonchev–Trinajstić information content (AvgIpc) is 3.62. The number of pyridine rings is 1. The number of nitrogens with zero attached hydrogens (tertiary/aromatic N) is 5. The summed E-state index contributed by atoms with van der Waals surface area (Å²) in [6.07, 6.45) is -0.374. The molecule has 8 nitrogen and oxygen atoms in total. The molecular formula is C27H27F4N7O. The Balaban J connectivity index is 1.45. The van der Waals surface area contributed by atoms with E-state index in [9.17, 15) is 22.4 Å². The molecule has 4 heterocycles. The minimum absolute atomic E-state index is 0.0195. The fourth-order valence-corrected chi connectivity index (χ4v) is 5.20. The second kappa shape index (κ2) is 8.87. The molecule has 39 heavy (non-hydrogen) atoms. The number of rotatable bonds is 6. The summed E-state index contributed by atoms with van der Waals surface area (Å²) in [6.45, 7) is 1.89. The number of nitrogens with one attached hydrogen (secondary N) is 2. The first-order valence-electron chi connectivity index (χ1n) is 12.7. The van der Waals surface area contributed by atoms with Crippen LogP contribution in [0.5, 0.6) is 0 Å². The Morgan fingerprint density at radius 2 is 1.92 bits per heavy atom. The maximum atomic E-state index is 13.7. The summed E-state index contributed by atoms with van der Waals surface area (Å²) in [5.41, 5.74) is 1.75. The van der Waals surface area contributed by atoms with Crippen LogP contribution in [0.15, 0.2) is 47.4 Å². The van der Waals surface area contributed by atoms with E-state index in [4.69, 9.17) is 0 Å². The minimum atomic E-state index is -4.68. The molecule has 0 unspecified atom stereocenters. The van der Waals surface area contributed by atoms with Crippen molar-refractivity contribution < 1.29 is 17.6 Å². The van der Waals surface area contributed by atoms with Gasteiger partial charge >= 0.3 is 6.18 Å². The third-order valence-electron chi connectivity index (χ3n) is 7.47. The molecule has 1 aromatic carbocycles. The van der Waals surface area contributed by atoms with Crippen LogP contribution in [0.25, 0.3) is 16.9 Å². The zero-order chi connectivity index (χ0) is 27.6. The molecule has 0 radical (unpaired) electrons. The monoisotopic (exact) mass is 541 g/mol. The topological polar surface area (TPSA) is 89.7 Å². The van der Waals surface area contributed by atoms with E-state index >= 15 is 0 Å². The molecule has 12 heteroatoms. The van der Waals surface area contributed by atoms with Crippen LogP contribution >= 0.6 is 0 Å². The fourth-order valence-electron chi connectivity index (χ4n) is 5.20. The average molecular weight is 542 g/mol. The van der Waals surface area contributed by atoms with E-state index in [1.54, 1.807) is 26.0 Å². The molecule has 4 aromatic rings. The number of fused-ring (bicyclic) bond motifs is 3. The van der Waals surface area contributed by atoms with Gasteiger partial charge in [0.05, 0.1) is 5.69 Å². The van der Waals surface area contributed by atoms with Crippen molar-refractivity contribution in [3.8, 4) is 5.82 Å². The zero-order valence-corrected chi connectivity index (χ0v) is 21.4. The smallest absolute Gasteiger partial charge is 0.324 e. The van der Waals surface area contributed by atoms with Crippen LogP contribution in [0.3, 0.4) is 0 Å². The molecule has 6 rings (SSSR count). The van der Waals surface area contributed by atoms with Crippen molar-refractivity contribution in [2.24, 2.45) is 0 Å². The highest BCUT2D eigenvalue weighted by atomic mass is 19.4. The molecule has 2 N–H and O–H groups in total. The number of alkyl halides is 4. The predicted octanol–water partition coefficient (Wildman–Crippen LogP) is 4.67. The first-order valence-corrected chi connectivity index (χ1v) is 12.7. The van der Waals surface area contributed by atoms with Crippen LogP contribution in [0.4, 0.5) is 29.2 Å². The first kappa shape index (κ1) is 25.5. The first-order chi connectivity index (χ1) is 18.5. The summed E-state index contributed by atoms with van der Waals surface area (Å²) in [7, 11) is 0. The highest BCUT2D eigenvalue weighted by molar-refractivity contribution is 5.77. The Kier molecular flexibility index (Phi) is 5.79. The molecule has 3 aromatic heterocycles. The number of hydrogen-bond acceptors (Lipinski definition) is 6. The quantitative estimate of drug-likeness (QED) is 0.345. The van der Waals surface area contributed by atoms with E-state index in [2.05, 4.69) is 31.7 Å². The van der Waals surface area contributed by atoms with E-state index in [1.807, 2.05) is 12.1 Å². The summed E-state index contributed by atoms with van der Waals surface area (Å²) in [5, 5.41) is 6.64. The molecule has 0 bridgehead atoms. The molecule has 0 atom stereocenters. The number of anilines is 2. The number of hydrogen-bond donors (Lipinski definition) is 2. The van der Waals surface area contributed by atoms with Crippen LogP contribution in [0.2, 0.25) is 0 Å². The fraction of sp³-hybridized carbons (Fsp3) is 0.407. The van der Waals surface area contributed by atoms with Gasteiger partial charge in [-0.2, -0.15) is 18.2 Å². The molecule has 1 fully saturated rings. The van der Waals surface area contributed by atoms with Crippen molar-refractivity contribution >= 4 is 22.7 Å². The lowest BCUT2D eigenvalue weighted by atomic mass is 9.90. The molecule has 1 aliphatic heterocycles. The van der Waals surface area contributed by atoms with Gasteiger partial charge in [0.1, 0.15) is 18.6 Å². The standard InChI is InChI=1S/C27H27F4N7O/c1-25(2,14-28)20-4-3-5-21(35-20)38-22-18(23(39)37(38)15-27(29,30)31)13-32-24(36-22)34-17-6-7-19-16(12-17)8-11-33-26(19)9-10-26/h3-7,12-13,33H,8-11,14-15H2,1-2H3,(H,32,34,36). The number of benzene rings is 1. The van der Waals surface area contributed by atoms with Gasteiger partial charge in [-0.1, -0.05) is 26.0 Å². The van der Waals surface area contributed by atoms with E-state index in [0.717, 1.165) is 36.2 Å². The molecule has 2 aliphatic rings. The third-order valence-corrected chi connectivity index (χ3v) is 7.47. The largest absolute Gasteiger partial charge is 0.408 e. The second-order valence-electron chi connectivity index (χ2n) is 10.9. The summed E-state index contributed by atoms with van der Waals surface area (Å²) < 4.78 is 55.9. The molecule has 0 saturated heterocycles. The van der Waals surface area contributed by atoms with Crippen LogP contribution in [0, 0.1) is 0 Å². The lowest BCUT2D eigenvalue weighted by molar-refractivity contribution is -0.144. The van der Waals surface area contributed by atoms with Gasteiger partial charge in [-0.25, -0.2) is 19.3 Å². The van der Waals surface area contributed by atoms with Crippen molar-refractivity contribution in [1.82, 2.24) is 29.6 Å². The lowest BCUT2D eigenvalue weighted by Crippen LogP contribution is -2.36. The van der Waals surface area contributed by atoms with Gasteiger partial charge in [0, 0.05) is 29.4 Å². The number of halogens is 4. The van der Waals surface area contributed by atoms with E-state index in [1.165, 1.54) is 23.4 Å². The molecule has 1 spiro atoms. The van der Waals surface area contributed by atoms with Crippen molar-refractivity contribution in [2.75, 3.05) is 18.5 Å². The zero-order valence-electron chi connectivity index (χ0n) is 21.4. The van der Waals surface area contributed by atoms with Crippen molar-refractivity contribution in [1.29, 1.82) is 0 Å². The highest BCUT2D eigenvalue weighted by Gasteiger charge is 2.46. The van der Waals surface area contributed by atoms with Gasteiger partial charge < -0.3 is 10.6 Å². The Hall–Kier alpha value is -3.80. The highest BCUT2D eigenvalue weighted by Crippen LogP contribution is 2.49. The Morgan fingerprint density at radius 1 is 1.13 bits per heavy atom. The SMILES string of the molecule is CC(C)(CF)c1cccc(-n2c3nc(Nc4ccc5c(c4)CCNC54CC4)ncc3c(=O)n2CC(F)(F)F)n1. The van der Waals surface area contributed by atoms with E-state index < -0.39 is 30.4 Å². The normalized spacial score (nSPS) is 16.5. The maximum absolute atomic E-state index is 13.7. The molecule has 0 amide bonds. The Bertz CT molecular complexity index is 1640. The third kappa shape index (κ3) is 4.56. The van der Waals surface area contributed by atoms with E-state index in [-0.39, 0.29) is 28.3 Å². The predicted molar refractivity (Wildman–Crippen MR) is 138 cm³/mol. The van der Waals surface area contributed by atoms with Crippen LogP contribution < -0.4 is 16.2 Å². The van der Waals surface area contributed by atoms with Gasteiger partial charge in [0.15, 0.2) is 11.5 Å². The number of aromatic nitrogens is 5.